The van der Waals surface area contributed by atoms with Gasteiger partial charge in [0.25, 0.3) is 0 Å². The molecule has 0 aliphatic rings. The molecule has 0 spiro atoms. The van der Waals surface area contributed by atoms with E-state index in [1.165, 1.54) is 4.90 Å². The van der Waals surface area contributed by atoms with E-state index in [9.17, 15) is 9.59 Å². The van der Waals surface area contributed by atoms with Crippen LogP contribution in [0.25, 0.3) is 0 Å². The third-order valence-corrected chi connectivity index (χ3v) is 3.48. The molecule has 124 valence electrons. The summed E-state index contributed by atoms with van der Waals surface area (Å²) in [6.45, 7) is 8.03. The number of carbonyl (C=O) groups is 2. The lowest BCUT2D eigenvalue weighted by molar-refractivity contribution is -0.135. The van der Waals surface area contributed by atoms with Crippen molar-refractivity contribution in [2.24, 2.45) is 11.7 Å². The predicted molar refractivity (Wildman–Crippen MR) is 85.9 cm³/mol. The summed E-state index contributed by atoms with van der Waals surface area (Å²) in [4.78, 5) is 27.0. The second-order valence-corrected chi connectivity index (χ2v) is 6.03. The monoisotopic (exact) mass is 300 g/mol. The first-order chi connectivity index (χ1) is 9.77. The van der Waals surface area contributed by atoms with Gasteiger partial charge in [0, 0.05) is 19.6 Å². The molecule has 0 rings (SSSR count). The van der Waals surface area contributed by atoms with Crippen molar-refractivity contribution in [3.63, 3.8) is 0 Å². The Morgan fingerprint density at radius 2 is 1.81 bits per heavy atom. The van der Waals surface area contributed by atoms with Crippen molar-refractivity contribution >= 4 is 11.8 Å². The van der Waals surface area contributed by atoms with E-state index in [1.807, 2.05) is 18.9 Å². The molecular formula is C15H32N4O2. The van der Waals surface area contributed by atoms with Crippen LogP contribution in [0.4, 0.5) is 0 Å². The minimum atomic E-state index is -0.114. The minimum absolute atomic E-state index is 0.0535. The van der Waals surface area contributed by atoms with E-state index in [1.54, 1.807) is 7.05 Å². The molecule has 21 heavy (non-hydrogen) atoms. The fourth-order valence-corrected chi connectivity index (χ4v) is 1.76. The summed E-state index contributed by atoms with van der Waals surface area (Å²) in [5, 5.41) is 2.76. The van der Waals surface area contributed by atoms with Crippen LogP contribution in [0.3, 0.4) is 0 Å². The SMILES string of the molecule is CCCNC(=O)CN(C)C(=O)CN(C)CCC(N)C(C)C. The zero-order chi connectivity index (χ0) is 16.4. The number of amides is 2. The molecule has 0 radical (unpaired) electrons. The molecule has 1 unspecified atom stereocenters. The lowest BCUT2D eigenvalue weighted by atomic mass is 10.0. The molecule has 6 heteroatoms. The number of nitrogens with two attached hydrogens (primary N) is 1. The Kier molecular flexibility index (Phi) is 9.99. The predicted octanol–water partition coefficient (Wildman–Crippen LogP) is 0.276. The van der Waals surface area contributed by atoms with Crippen molar-refractivity contribution in [2.45, 2.75) is 39.7 Å². The zero-order valence-corrected chi connectivity index (χ0v) is 14.2. The van der Waals surface area contributed by atoms with E-state index in [-0.39, 0.29) is 24.4 Å². The fraction of sp³-hybridized carbons (Fsp3) is 0.867. The molecule has 0 aromatic heterocycles. The van der Waals surface area contributed by atoms with Crippen molar-refractivity contribution in [2.75, 3.05) is 40.3 Å². The first kappa shape index (κ1) is 19.9. The molecule has 2 amide bonds. The molecular weight excluding hydrogens is 268 g/mol. The number of hydrogen-bond donors (Lipinski definition) is 2. The van der Waals surface area contributed by atoms with Gasteiger partial charge < -0.3 is 16.0 Å². The van der Waals surface area contributed by atoms with Crippen molar-refractivity contribution in [3.05, 3.63) is 0 Å². The topological polar surface area (TPSA) is 78.7 Å². The lowest BCUT2D eigenvalue weighted by Gasteiger charge is -2.23. The molecule has 3 N–H and O–H groups in total. The van der Waals surface area contributed by atoms with Crippen LogP contribution in [0.5, 0.6) is 0 Å². The van der Waals surface area contributed by atoms with Gasteiger partial charge in [0.05, 0.1) is 13.1 Å². The largest absolute Gasteiger partial charge is 0.355 e. The quantitative estimate of drug-likeness (QED) is 0.607. The Balaban J connectivity index is 4.02. The van der Waals surface area contributed by atoms with Crippen molar-refractivity contribution in [1.29, 1.82) is 0 Å². The van der Waals surface area contributed by atoms with Gasteiger partial charge in [-0.2, -0.15) is 0 Å². The van der Waals surface area contributed by atoms with E-state index in [4.69, 9.17) is 5.73 Å². The van der Waals surface area contributed by atoms with Gasteiger partial charge in [0.1, 0.15) is 0 Å². The van der Waals surface area contributed by atoms with Gasteiger partial charge in [0.2, 0.25) is 11.8 Å². The lowest BCUT2D eigenvalue weighted by Crippen LogP contribution is -2.43. The second-order valence-electron chi connectivity index (χ2n) is 6.03. The molecule has 0 bridgehead atoms. The Morgan fingerprint density at radius 1 is 1.19 bits per heavy atom. The second kappa shape index (κ2) is 10.6. The Labute approximate surface area is 129 Å². The van der Waals surface area contributed by atoms with Crippen LogP contribution >= 0.6 is 0 Å². The molecule has 0 saturated carbocycles. The highest BCUT2D eigenvalue weighted by atomic mass is 16.2. The molecule has 0 saturated heterocycles. The van der Waals surface area contributed by atoms with Crippen molar-refractivity contribution in [1.82, 2.24) is 15.1 Å². The van der Waals surface area contributed by atoms with Gasteiger partial charge in [-0.1, -0.05) is 20.8 Å². The summed E-state index contributed by atoms with van der Waals surface area (Å²) < 4.78 is 0. The zero-order valence-electron chi connectivity index (χ0n) is 14.2. The molecule has 1 atom stereocenters. The first-order valence-electron chi connectivity index (χ1n) is 7.72. The van der Waals surface area contributed by atoms with Gasteiger partial charge in [-0.25, -0.2) is 0 Å². The highest BCUT2D eigenvalue weighted by Crippen LogP contribution is 2.03. The van der Waals surface area contributed by atoms with Gasteiger partial charge in [-0.05, 0) is 32.4 Å². The smallest absolute Gasteiger partial charge is 0.239 e. The van der Waals surface area contributed by atoms with E-state index < -0.39 is 0 Å². The number of nitrogens with one attached hydrogen (secondary N) is 1. The number of likely N-dealkylation sites (N-methyl/N-ethyl adjacent to an activating group) is 2. The van der Waals surface area contributed by atoms with Crippen LogP contribution in [-0.4, -0.2) is 67.9 Å². The average molecular weight is 300 g/mol. The summed E-state index contributed by atoms with van der Waals surface area (Å²) in [6.07, 6.45) is 1.75. The summed E-state index contributed by atoms with van der Waals surface area (Å²) in [7, 11) is 3.55. The molecule has 0 aromatic carbocycles. The van der Waals surface area contributed by atoms with E-state index in [2.05, 4.69) is 19.2 Å². The van der Waals surface area contributed by atoms with Crippen LogP contribution in [0.1, 0.15) is 33.6 Å². The van der Waals surface area contributed by atoms with Gasteiger partial charge in [-0.3, -0.25) is 14.5 Å². The van der Waals surface area contributed by atoms with Gasteiger partial charge in [-0.15, -0.1) is 0 Å². The summed E-state index contributed by atoms with van der Waals surface area (Å²) >= 11 is 0. The normalized spacial score (nSPS) is 12.6. The van der Waals surface area contributed by atoms with E-state index in [0.29, 0.717) is 19.0 Å². The Hall–Kier alpha value is -1.14. The molecule has 6 nitrogen and oxygen atoms in total. The number of hydrogen-bond acceptors (Lipinski definition) is 4. The van der Waals surface area contributed by atoms with Crippen LogP contribution < -0.4 is 11.1 Å². The van der Waals surface area contributed by atoms with E-state index in [0.717, 1.165) is 19.4 Å². The van der Waals surface area contributed by atoms with Crippen LogP contribution in [-0.2, 0) is 9.59 Å². The van der Waals surface area contributed by atoms with Crippen LogP contribution in [0.15, 0.2) is 0 Å². The third-order valence-electron chi connectivity index (χ3n) is 3.48. The molecule has 0 heterocycles. The standard InChI is InChI=1S/C15H32N4O2/c1-6-8-17-14(20)10-19(5)15(21)11-18(4)9-7-13(16)12(2)3/h12-13H,6-11,16H2,1-5H3,(H,17,20). The van der Waals surface area contributed by atoms with Gasteiger partial charge >= 0.3 is 0 Å². The van der Waals surface area contributed by atoms with Crippen molar-refractivity contribution in [3.8, 4) is 0 Å². The maximum atomic E-state index is 12.0. The number of rotatable bonds is 10. The minimum Gasteiger partial charge on any atom is -0.355 e. The average Bonchev–Trinajstić information content (AvgIpc) is 2.41. The van der Waals surface area contributed by atoms with E-state index >= 15 is 0 Å². The summed E-state index contributed by atoms with van der Waals surface area (Å²) in [5.74, 6) is 0.276. The maximum absolute atomic E-state index is 12.0. The van der Waals surface area contributed by atoms with Crippen LogP contribution in [0.2, 0.25) is 0 Å². The third kappa shape index (κ3) is 9.42. The molecule has 0 fully saturated rings. The van der Waals surface area contributed by atoms with Crippen molar-refractivity contribution < 1.29 is 9.59 Å². The molecule has 0 aliphatic heterocycles. The summed E-state index contributed by atoms with van der Waals surface area (Å²) in [5.41, 5.74) is 5.99. The highest BCUT2D eigenvalue weighted by Gasteiger charge is 2.15. The number of carbonyl (C=O) groups excluding carboxylic acids is 2. The molecule has 0 aromatic rings. The molecule has 0 aliphatic carbocycles. The first-order valence-corrected chi connectivity index (χ1v) is 7.72. The Bertz CT molecular complexity index is 321. The van der Waals surface area contributed by atoms with Crippen LogP contribution in [0, 0.1) is 5.92 Å². The Morgan fingerprint density at radius 3 is 2.33 bits per heavy atom. The summed E-state index contributed by atoms with van der Waals surface area (Å²) in [6, 6.07) is 0.153. The maximum Gasteiger partial charge on any atom is 0.239 e. The number of nitrogens with zero attached hydrogens (tertiary/aromatic N) is 2. The van der Waals surface area contributed by atoms with Gasteiger partial charge in [0.15, 0.2) is 0 Å². The fourth-order valence-electron chi connectivity index (χ4n) is 1.76. The highest BCUT2D eigenvalue weighted by molar-refractivity contribution is 5.85.